The van der Waals surface area contributed by atoms with Crippen molar-refractivity contribution in [2.24, 2.45) is 5.10 Å². The van der Waals surface area contributed by atoms with Gasteiger partial charge in [-0.05, 0) is 62.4 Å². The van der Waals surface area contributed by atoms with Gasteiger partial charge in [-0.2, -0.15) is 5.10 Å². The number of esters is 1. The lowest BCUT2D eigenvalue weighted by Crippen LogP contribution is -2.16. The summed E-state index contributed by atoms with van der Waals surface area (Å²) in [6.45, 7) is 3.89. The van der Waals surface area contributed by atoms with Crippen LogP contribution in [0.4, 0.5) is 0 Å². The average Bonchev–Trinajstić information content (AvgIpc) is 3.33. The number of aromatic nitrogens is 1. The molecule has 0 spiro atoms. The van der Waals surface area contributed by atoms with Gasteiger partial charge in [0.15, 0.2) is 5.76 Å². The quantitative estimate of drug-likeness (QED) is 0.262. The minimum atomic E-state index is -0.465. The Labute approximate surface area is 189 Å². The summed E-state index contributed by atoms with van der Waals surface area (Å²) >= 11 is 5.97. The molecule has 0 fully saturated rings. The number of furan rings is 1. The van der Waals surface area contributed by atoms with Gasteiger partial charge in [0.25, 0.3) is 0 Å². The highest BCUT2D eigenvalue weighted by atomic mass is 35.5. The van der Waals surface area contributed by atoms with Gasteiger partial charge in [0.05, 0.1) is 18.9 Å². The first kappa shape index (κ1) is 21.4. The first-order valence-electron chi connectivity index (χ1n) is 9.77. The topological polar surface area (TPSA) is 85.8 Å². The number of nitrogens with zero attached hydrogens (tertiary/aromatic N) is 2. The minimum absolute atomic E-state index is 0.143. The van der Waals surface area contributed by atoms with E-state index in [0.29, 0.717) is 16.2 Å². The van der Waals surface area contributed by atoms with Crippen LogP contribution in [-0.4, -0.2) is 29.8 Å². The summed E-state index contributed by atoms with van der Waals surface area (Å²) in [5.41, 5.74) is 7.02. The number of hydrogen-bond acceptors (Lipinski definition) is 5. The number of rotatable bonds is 5. The largest absolute Gasteiger partial charge is 0.465 e. The van der Waals surface area contributed by atoms with Crippen molar-refractivity contribution in [2.45, 2.75) is 13.8 Å². The van der Waals surface area contributed by atoms with E-state index in [1.807, 2.05) is 30.5 Å². The molecule has 0 aliphatic carbocycles. The summed E-state index contributed by atoms with van der Waals surface area (Å²) in [4.78, 5) is 24.3. The number of ether oxygens (including phenoxy) is 1. The third kappa shape index (κ3) is 4.15. The Morgan fingerprint density at radius 1 is 1.12 bits per heavy atom. The number of fused-ring (bicyclic) bond motifs is 1. The number of hydrazone groups is 1. The standard InChI is InChI=1S/C24H20ClN3O4/c1-14-9-18(15(2)28(14)20-6-4-5-16(11-20)24(30)31-3)13-26-27-23(29)22-12-17-10-19(25)7-8-21(17)32-22/h4-13H,1-3H3,(H,27,29)/b26-13+. The van der Waals surface area contributed by atoms with Gasteiger partial charge in [0.2, 0.25) is 0 Å². The van der Waals surface area contributed by atoms with Gasteiger partial charge in [0.1, 0.15) is 5.58 Å². The molecule has 0 radical (unpaired) electrons. The SMILES string of the molecule is COC(=O)c1cccc(-n2c(C)cc(/C=N/NC(=O)c3cc4cc(Cl)ccc4o3)c2C)c1. The zero-order chi connectivity index (χ0) is 22.8. The second-order valence-electron chi connectivity index (χ2n) is 7.20. The zero-order valence-corrected chi connectivity index (χ0v) is 18.4. The molecule has 2 aromatic carbocycles. The number of hydrogen-bond donors (Lipinski definition) is 1. The van der Waals surface area contributed by atoms with Crippen LogP contribution in [0.3, 0.4) is 0 Å². The maximum atomic E-state index is 12.4. The fourth-order valence-corrected chi connectivity index (χ4v) is 3.73. The van der Waals surface area contributed by atoms with Crippen LogP contribution < -0.4 is 5.43 Å². The highest BCUT2D eigenvalue weighted by Gasteiger charge is 2.14. The molecule has 0 saturated carbocycles. The maximum Gasteiger partial charge on any atom is 0.337 e. The average molecular weight is 450 g/mol. The van der Waals surface area contributed by atoms with Gasteiger partial charge >= 0.3 is 11.9 Å². The van der Waals surface area contributed by atoms with Crippen LogP contribution in [-0.2, 0) is 4.74 Å². The Bertz CT molecular complexity index is 1370. The monoisotopic (exact) mass is 449 g/mol. The fraction of sp³-hybridized carbons (Fsp3) is 0.125. The van der Waals surface area contributed by atoms with E-state index in [2.05, 4.69) is 10.5 Å². The molecule has 0 saturated heterocycles. The van der Waals surface area contributed by atoms with Crippen LogP contribution in [0.2, 0.25) is 5.02 Å². The van der Waals surface area contributed by atoms with Crippen LogP contribution in [0.25, 0.3) is 16.7 Å². The Balaban J connectivity index is 1.54. The van der Waals surface area contributed by atoms with E-state index in [1.165, 1.54) is 7.11 Å². The highest BCUT2D eigenvalue weighted by Crippen LogP contribution is 2.23. The number of benzene rings is 2. The summed E-state index contributed by atoms with van der Waals surface area (Å²) in [5.74, 6) is -0.718. The molecule has 0 aliphatic heterocycles. The highest BCUT2D eigenvalue weighted by molar-refractivity contribution is 6.31. The van der Waals surface area contributed by atoms with E-state index in [0.717, 1.165) is 28.0 Å². The molecular formula is C24H20ClN3O4. The summed E-state index contributed by atoms with van der Waals surface area (Å²) < 4.78 is 12.4. The number of carbonyl (C=O) groups excluding carboxylic acids is 2. The van der Waals surface area contributed by atoms with Gasteiger partial charge < -0.3 is 13.7 Å². The van der Waals surface area contributed by atoms with Crippen LogP contribution in [0.5, 0.6) is 0 Å². The van der Waals surface area contributed by atoms with Crippen molar-refractivity contribution >= 4 is 40.7 Å². The molecule has 0 bridgehead atoms. The molecule has 2 aromatic heterocycles. The molecule has 8 heteroatoms. The molecule has 32 heavy (non-hydrogen) atoms. The molecule has 4 rings (SSSR count). The number of aryl methyl sites for hydroxylation is 1. The third-order valence-electron chi connectivity index (χ3n) is 5.07. The Hall–Kier alpha value is -3.84. The molecule has 1 amide bonds. The lowest BCUT2D eigenvalue weighted by Gasteiger charge is -2.10. The van der Waals surface area contributed by atoms with Crippen molar-refractivity contribution in [1.29, 1.82) is 0 Å². The number of nitrogens with one attached hydrogen (secondary N) is 1. The lowest BCUT2D eigenvalue weighted by molar-refractivity contribution is 0.0600. The zero-order valence-electron chi connectivity index (χ0n) is 17.7. The summed E-state index contributed by atoms with van der Waals surface area (Å²) in [5, 5.41) is 5.38. The molecule has 7 nitrogen and oxygen atoms in total. The van der Waals surface area contributed by atoms with Crippen LogP contribution in [0.15, 0.2) is 64.1 Å². The number of carbonyl (C=O) groups is 2. The number of methoxy groups -OCH3 is 1. The molecule has 2 heterocycles. The van der Waals surface area contributed by atoms with Crippen molar-refractivity contribution in [1.82, 2.24) is 9.99 Å². The Morgan fingerprint density at radius 3 is 2.72 bits per heavy atom. The number of amides is 1. The van der Waals surface area contributed by atoms with Gasteiger partial charge in [-0.15, -0.1) is 0 Å². The second-order valence-corrected chi connectivity index (χ2v) is 7.63. The summed E-state index contributed by atoms with van der Waals surface area (Å²) in [6.07, 6.45) is 1.57. The van der Waals surface area contributed by atoms with Crippen molar-refractivity contribution in [2.75, 3.05) is 7.11 Å². The lowest BCUT2D eigenvalue weighted by atomic mass is 10.2. The van der Waals surface area contributed by atoms with Crippen LogP contribution in [0, 0.1) is 13.8 Å². The van der Waals surface area contributed by atoms with E-state index >= 15 is 0 Å². The summed E-state index contributed by atoms with van der Waals surface area (Å²) in [6, 6.07) is 15.9. The van der Waals surface area contributed by atoms with E-state index in [9.17, 15) is 9.59 Å². The summed E-state index contributed by atoms with van der Waals surface area (Å²) in [7, 11) is 1.35. The first-order valence-corrected chi connectivity index (χ1v) is 10.2. The minimum Gasteiger partial charge on any atom is -0.465 e. The van der Waals surface area contributed by atoms with E-state index in [-0.39, 0.29) is 5.76 Å². The molecule has 4 aromatic rings. The van der Waals surface area contributed by atoms with Crippen molar-refractivity contribution in [3.05, 3.63) is 87.9 Å². The Morgan fingerprint density at radius 2 is 1.94 bits per heavy atom. The van der Waals surface area contributed by atoms with Crippen molar-refractivity contribution in [3.63, 3.8) is 0 Å². The molecular weight excluding hydrogens is 430 g/mol. The van der Waals surface area contributed by atoms with Crippen LogP contribution in [0.1, 0.15) is 37.9 Å². The molecule has 0 atom stereocenters. The fourth-order valence-electron chi connectivity index (χ4n) is 3.55. The van der Waals surface area contributed by atoms with Crippen molar-refractivity contribution in [3.8, 4) is 5.69 Å². The van der Waals surface area contributed by atoms with Crippen molar-refractivity contribution < 1.29 is 18.7 Å². The molecule has 162 valence electrons. The van der Waals surface area contributed by atoms with Gasteiger partial charge in [0, 0.05) is 33.0 Å². The first-order chi connectivity index (χ1) is 15.4. The Kier molecular flexibility index (Phi) is 5.83. The van der Waals surface area contributed by atoms with E-state index in [1.54, 1.807) is 48.7 Å². The predicted molar refractivity (Wildman–Crippen MR) is 123 cm³/mol. The van der Waals surface area contributed by atoms with E-state index < -0.39 is 11.9 Å². The van der Waals surface area contributed by atoms with Gasteiger partial charge in [-0.3, -0.25) is 4.79 Å². The molecule has 1 N–H and O–H groups in total. The molecule has 0 aliphatic rings. The van der Waals surface area contributed by atoms with Gasteiger partial charge in [-0.1, -0.05) is 17.7 Å². The maximum absolute atomic E-state index is 12.4. The smallest absolute Gasteiger partial charge is 0.337 e. The van der Waals surface area contributed by atoms with Crippen LogP contribution >= 0.6 is 11.6 Å². The predicted octanol–water partition coefficient (Wildman–Crippen LogP) is 5.04. The van der Waals surface area contributed by atoms with E-state index in [4.69, 9.17) is 20.8 Å². The third-order valence-corrected chi connectivity index (χ3v) is 5.30. The second kappa shape index (κ2) is 8.72. The number of halogens is 1. The molecule has 0 unspecified atom stereocenters. The van der Waals surface area contributed by atoms with Gasteiger partial charge in [-0.25, -0.2) is 10.2 Å². The normalized spacial score (nSPS) is 11.2.